The van der Waals surface area contributed by atoms with Gasteiger partial charge in [-0.3, -0.25) is 10.1 Å². The number of benzene rings is 1. The first kappa shape index (κ1) is 13.7. The van der Waals surface area contributed by atoms with Crippen molar-refractivity contribution in [3.05, 3.63) is 33.1 Å². The van der Waals surface area contributed by atoms with Gasteiger partial charge in [-0.25, -0.2) is 4.39 Å². The van der Waals surface area contributed by atoms with Crippen LogP contribution in [0.25, 0.3) is 0 Å². The molecule has 1 aromatic carbocycles. The second-order valence-electron chi connectivity index (χ2n) is 3.87. The molecule has 0 saturated heterocycles. The SMILES string of the molecule is CCCC(C)Nc1cc(Cl)c(F)cc1[N+](=O)[O-]. The molecule has 6 heteroatoms. The van der Waals surface area contributed by atoms with Crippen molar-refractivity contribution >= 4 is 23.0 Å². The number of nitrogens with one attached hydrogen (secondary N) is 1. The fraction of sp³-hybridized carbons (Fsp3) is 0.455. The molecule has 1 N–H and O–H groups in total. The molecule has 0 aliphatic carbocycles. The zero-order chi connectivity index (χ0) is 13.0. The maximum atomic E-state index is 13.1. The number of anilines is 1. The van der Waals surface area contributed by atoms with Gasteiger partial charge in [0.05, 0.1) is 16.0 Å². The van der Waals surface area contributed by atoms with Crippen LogP contribution >= 0.6 is 11.6 Å². The highest BCUT2D eigenvalue weighted by molar-refractivity contribution is 6.31. The summed E-state index contributed by atoms with van der Waals surface area (Å²) in [5.74, 6) is -0.785. The van der Waals surface area contributed by atoms with Crippen molar-refractivity contribution in [2.45, 2.75) is 32.7 Å². The van der Waals surface area contributed by atoms with Crippen molar-refractivity contribution in [3.8, 4) is 0 Å². The molecule has 0 aliphatic rings. The van der Waals surface area contributed by atoms with Crippen LogP contribution in [0, 0.1) is 15.9 Å². The number of nitro benzene ring substituents is 1. The molecule has 1 unspecified atom stereocenters. The first-order chi connectivity index (χ1) is 7.95. The number of nitro groups is 1. The fourth-order valence-electron chi connectivity index (χ4n) is 1.57. The summed E-state index contributed by atoms with van der Waals surface area (Å²) in [7, 11) is 0. The number of rotatable bonds is 5. The third kappa shape index (κ3) is 3.56. The Bertz CT molecular complexity index is 426. The van der Waals surface area contributed by atoms with Gasteiger partial charge in [0.2, 0.25) is 0 Å². The van der Waals surface area contributed by atoms with Gasteiger partial charge in [0, 0.05) is 6.04 Å². The van der Waals surface area contributed by atoms with Crippen molar-refractivity contribution in [1.82, 2.24) is 0 Å². The minimum absolute atomic E-state index is 0.0697. The molecule has 0 aromatic heterocycles. The Morgan fingerprint density at radius 3 is 2.76 bits per heavy atom. The molecule has 0 heterocycles. The van der Waals surface area contributed by atoms with E-state index in [4.69, 9.17) is 11.6 Å². The van der Waals surface area contributed by atoms with Gasteiger partial charge in [0.15, 0.2) is 0 Å². The molecular weight excluding hydrogens is 247 g/mol. The monoisotopic (exact) mass is 260 g/mol. The fourth-order valence-corrected chi connectivity index (χ4v) is 1.74. The van der Waals surface area contributed by atoms with Crippen molar-refractivity contribution in [2.75, 3.05) is 5.32 Å². The van der Waals surface area contributed by atoms with Gasteiger partial charge in [0.1, 0.15) is 11.5 Å². The minimum Gasteiger partial charge on any atom is -0.377 e. The Morgan fingerprint density at radius 1 is 1.59 bits per heavy atom. The van der Waals surface area contributed by atoms with Crippen molar-refractivity contribution in [3.63, 3.8) is 0 Å². The summed E-state index contributed by atoms with van der Waals surface area (Å²) in [6, 6.07) is 2.16. The van der Waals surface area contributed by atoms with Crippen LogP contribution in [0.2, 0.25) is 5.02 Å². The van der Waals surface area contributed by atoms with E-state index in [1.165, 1.54) is 6.07 Å². The average molecular weight is 261 g/mol. The maximum Gasteiger partial charge on any atom is 0.295 e. The number of hydrogen-bond acceptors (Lipinski definition) is 3. The topological polar surface area (TPSA) is 55.2 Å². The lowest BCUT2D eigenvalue weighted by atomic mass is 10.1. The molecule has 0 amide bonds. The molecule has 1 atom stereocenters. The first-order valence-electron chi connectivity index (χ1n) is 5.35. The average Bonchev–Trinajstić information content (AvgIpc) is 2.23. The lowest BCUT2D eigenvalue weighted by molar-refractivity contribution is -0.384. The van der Waals surface area contributed by atoms with E-state index in [9.17, 15) is 14.5 Å². The van der Waals surface area contributed by atoms with Crippen molar-refractivity contribution < 1.29 is 9.31 Å². The lowest BCUT2D eigenvalue weighted by Crippen LogP contribution is -2.15. The van der Waals surface area contributed by atoms with E-state index in [2.05, 4.69) is 5.32 Å². The van der Waals surface area contributed by atoms with Crippen LogP contribution in [0.5, 0.6) is 0 Å². The molecule has 1 aromatic rings. The second-order valence-corrected chi connectivity index (χ2v) is 4.28. The van der Waals surface area contributed by atoms with E-state index in [1.807, 2.05) is 13.8 Å². The minimum atomic E-state index is -0.785. The normalized spacial score (nSPS) is 12.2. The molecule has 0 saturated carbocycles. The van der Waals surface area contributed by atoms with E-state index in [-0.39, 0.29) is 22.4 Å². The summed E-state index contributed by atoms with van der Waals surface area (Å²) < 4.78 is 13.1. The molecule has 0 spiro atoms. The molecule has 0 bridgehead atoms. The number of halogens is 2. The van der Waals surface area contributed by atoms with Crippen LogP contribution in [0.4, 0.5) is 15.8 Å². The van der Waals surface area contributed by atoms with E-state index in [0.717, 1.165) is 18.9 Å². The number of hydrogen-bond donors (Lipinski definition) is 1. The van der Waals surface area contributed by atoms with Crippen LogP contribution in [-0.4, -0.2) is 11.0 Å². The predicted octanol–water partition coefficient (Wildman–Crippen LogP) is 3.99. The van der Waals surface area contributed by atoms with E-state index in [1.54, 1.807) is 0 Å². The third-order valence-corrected chi connectivity index (χ3v) is 2.65. The molecule has 0 fully saturated rings. The summed E-state index contributed by atoms with van der Waals surface area (Å²) in [6.07, 6.45) is 1.82. The van der Waals surface area contributed by atoms with Crippen LogP contribution in [-0.2, 0) is 0 Å². The highest BCUT2D eigenvalue weighted by Gasteiger charge is 2.18. The van der Waals surface area contributed by atoms with Gasteiger partial charge in [0.25, 0.3) is 5.69 Å². The van der Waals surface area contributed by atoms with E-state index in [0.29, 0.717) is 0 Å². The van der Waals surface area contributed by atoms with Crippen LogP contribution in [0.3, 0.4) is 0 Å². The summed E-state index contributed by atoms with van der Waals surface area (Å²) in [5, 5.41) is 13.6. The van der Waals surface area contributed by atoms with Gasteiger partial charge in [-0.2, -0.15) is 0 Å². The molecule has 17 heavy (non-hydrogen) atoms. The summed E-state index contributed by atoms with van der Waals surface area (Å²) in [4.78, 5) is 10.2. The van der Waals surface area contributed by atoms with Gasteiger partial charge in [-0.1, -0.05) is 24.9 Å². The Balaban J connectivity index is 3.04. The van der Waals surface area contributed by atoms with Crippen LogP contribution < -0.4 is 5.32 Å². The summed E-state index contributed by atoms with van der Waals surface area (Å²) in [5.41, 5.74) is -0.0443. The van der Waals surface area contributed by atoms with Crippen LogP contribution in [0.1, 0.15) is 26.7 Å². The Labute approximate surface area is 104 Å². The lowest BCUT2D eigenvalue weighted by Gasteiger charge is -2.14. The third-order valence-electron chi connectivity index (χ3n) is 2.36. The molecule has 4 nitrogen and oxygen atoms in total. The summed E-state index contributed by atoms with van der Waals surface area (Å²) in [6.45, 7) is 3.93. The standard InChI is InChI=1S/C11H14ClFN2O2/c1-3-4-7(2)14-10-5-8(12)9(13)6-11(10)15(16)17/h5-7,14H,3-4H2,1-2H3. The van der Waals surface area contributed by atoms with Gasteiger partial charge < -0.3 is 5.32 Å². The highest BCUT2D eigenvalue weighted by Crippen LogP contribution is 2.31. The van der Waals surface area contributed by atoms with Crippen molar-refractivity contribution in [2.24, 2.45) is 0 Å². The van der Waals surface area contributed by atoms with Gasteiger partial charge >= 0.3 is 0 Å². The molecule has 0 radical (unpaired) electrons. The number of nitrogens with zero attached hydrogens (tertiary/aromatic N) is 1. The smallest absolute Gasteiger partial charge is 0.295 e. The Hall–Kier alpha value is -1.36. The zero-order valence-electron chi connectivity index (χ0n) is 9.67. The molecular formula is C11H14ClFN2O2. The Kier molecular flexibility index (Phi) is 4.69. The van der Waals surface area contributed by atoms with Crippen molar-refractivity contribution in [1.29, 1.82) is 0 Å². The maximum absolute atomic E-state index is 13.1. The van der Waals surface area contributed by atoms with E-state index >= 15 is 0 Å². The van der Waals surface area contributed by atoms with Gasteiger partial charge in [-0.05, 0) is 19.4 Å². The Morgan fingerprint density at radius 2 is 2.24 bits per heavy atom. The largest absolute Gasteiger partial charge is 0.377 e. The predicted molar refractivity (Wildman–Crippen MR) is 66.1 cm³/mol. The van der Waals surface area contributed by atoms with E-state index < -0.39 is 10.7 Å². The van der Waals surface area contributed by atoms with Crippen LogP contribution in [0.15, 0.2) is 12.1 Å². The first-order valence-corrected chi connectivity index (χ1v) is 5.73. The summed E-state index contributed by atoms with van der Waals surface area (Å²) >= 11 is 5.61. The quantitative estimate of drug-likeness (QED) is 0.643. The highest BCUT2D eigenvalue weighted by atomic mass is 35.5. The molecule has 1 rings (SSSR count). The molecule has 0 aliphatic heterocycles. The zero-order valence-corrected chi connectivity index (χ0v) is 10.4. The molecule has 94 valence electrons. The van der Waals surface area contributed by atoms with Gasteiger partial charge in [-0.15, -0.1) is 0 Å². The second kappa shape index (κ2) is 5.82.